The Morgan fingerprint density at radius 1 is 1.12 bits per heavy atom. The van der Waals surface area contributed by atoms with Crippen LogP contribution >= 0.6 is 0 Å². The smallest absolute Gasteiger partial charge is 0.295 e. The van der Waals surface area contributed by atoms with Crippen molar-refractivity contribution in [1.82, 2.24) is 34.5 Å². The number of rotatable bonds is 11. The third-order valence-corrected chi connectivity index (χ3v) is 8.65. The fourth-order valence-corrected chi connectivity index (χ4v) is 5.44. The Labute approximate surface area is 233 Å². The lowest BCUT2D eigenvalue weighted by atomic mass is 10.1. The van der Waals surface area contributed by atoms with Gasteiger partial charge in [0.1, 0.15) is 11.8 Å². The average molecular weight is 567 g/mol. The Bertz CT molecular complexity index is 1710. The summed E-state index contributed by atoms with van der Waals surface area (Å²) in [6, 6.07) is 2.78. The molecule has 4 heterocycles. The minimum atomic E-state index is -3.35. The summed E-state index contributed by atoms with van der Waals surface area (Å²) in [4.78, 5) is 41.2. The summed E-state index contributed by atoms with van der Waals surface area (Å²) in [6.07, 6.45) is 7.37. The van der Waals surface area contributed by atoms with Crippen LogP contribution in [0.3, 0.4) is 0 Å². The quantitative estimate of drug-likeness (QED) is 0.284. The van der Waals surface area contributed by atoms with Crippen LogP contribution in [0.2, 0.25) is 0 Å². The van der Waals surface area contributed by atoms with E-state index in [1.165, 1.54) is 12.3 Å². The van der Waals surface area contributed by atoms with Crippen molar-refractivity contribution in [3.05, 3.63) is 58.3 Å². The third kappa shape index (κ3) is 5.43. The molecule has 0 saturated heterocycles. The van der Waals surface area contributed by atoms with Crippen molar-refractivity contribution in [2.45, 2.75) is 63.4 Å². The second-order valence-corrected chi connectivity index (χ2v) is 12.1. The molecule has 40 heavy (non-hydrogen) atoms. The molecule has 0 aromatic carbocycles. The Morgan fingerprint density at radius 2 is 1.93 bits per heavy atom. The van der Waals surface area contributed by atoms with Gasteiger partial charge < -0.3 is 10.1 Å². The molecule has 1 atom stereocenters. The standard InChI is InChI=1S/C27H32N8O4S.H2/c1-5-20-22(23(17-7-8-17)32-15-31-20)24-30-13-21-26(34-24)35(16(3)14-39-4)27(36)25(33-21)29-11-18-9-10-19(12-28-18)40(37,38)6-2;/h9-10,12-13,15-17H,5-8,11,14H2,1-4H3,(H,29,33);1H/t16-;/m0./s1. The number of hydrogen-bond donors (Lipinski definition) is 1. The first-order chi connectivity index (χ1) is 19.3. The summed E-state index contributed by atoms with van der Waals surface area (Å²) in [5.41, 5.74) is 3.67. The zero-order valence-electron chi connectivity index (χ0n) is 23.0. The molecule has 212 valence electrons. The van der Waals surface area contributed by atoms with Crippen LogP contribution in [0.25, 0.3) is 22.6 Å². The number of anilines is 1. The number of fused-ring (bicyclic) bond motifs is 1. The van der Waals surface area contributed by atoms with Crippen molar-refractivity contribution >= 4 is 26.8 Å². The molecule has 5 rings (SSSR count). The molecule has 0 unspecified atom stereocenters. The molecule has 4 aromatic rings. The number of hydrogen-bond acceptors (Lipinski definition) is 11. The van der Waals surface area contributed by atoms with Gasteiger partial charge in [-0.15, -0.1) is 0 Å². The summed E-state index contributed by atoms with van der Waals surface area (Å²) in [6.45, 7) is 5.95. The largest absolute Gasteiger partial charge is 0.383 e. The van der Waals surface area contributed by atoms with E-state index in [9.17, 15) is 13.2 Å². The summed E-state index contributed by atoms with van der Waals surface area (Å²) in [5.74, 6) is 0.940. The van der Waals surface area contributed by atoms with Crippen molar-refractivity contribution in [2.75, 3.05) is 24.8 Å². The number of aryl methyl sites for hydroxylation is 1. The molecule has 1 aliphatic carbocycles. The maximum absolute atomic E-state index is 13.7. The van der Waals surface area contributed by atoms with Crippen LogP contribution in [0.4, 0.5) is 5.82 Å². The first kappa shape index (κ1) is 27.7. The van der Waals surface area contributed by atoms with Gasteiger partial charge in [-0.25, -0.2) is 33.3 Å². The lowest BCUT2D eigenvalue weighted by Gasteiger charge is -2.19. The second kappa shape index (κ2) is 11.3. The van der Waals surface area contributed by atoms with E-state index >= 15 is 0 Å². The summed E-state index contributed by atoms with van der Waals surface area (Å²) in [7, 11) is -1.77. The van der Waals surface area contributed by atoms with Gasteiger partial charge in [0.05, 0.1) is 58.7 Å². The Kier molecular flexibility index (Phi) is 7.86. The molecule has 0 aliphatic heterocycles. The van der Waals surface area contributed by atoms with Crippen LogP contribution in [0.15, 0.2) is 40.5 Å². The van der Waals surface area contributed by atoms with Crippen LogP contribution in [-0.4, -0.2) is 62.4 Å². The number of methoxy groups -OCH3 is 1. The molecule has 0 amide bonds. The van der Waals surface area contributed by atoms with Gasteiger partial charge in [-0.1, -0.05) is 13.8 Å². The zero-order chi connectivity index (χ0) is 28.4. The number of sulfone groups is 1. The number of ether oxygens (including phenoxy) is 1. The fourth-order valence-electron chi connectivity index (χ4n) is 4.62. The number of aromatic nitrogens is 7. The highest BCUT2D eigenvalue weighted by molar-refractivity contribution is 7.91. The van der Waals surface area contributed by atoms with Gasteiger partial charge in [0.15, 0.2) is 27.1 Å². The van der Waals surface area contributed by atoms with E-state index in [-0.39, 0.29) is 42.6 Å². The minimum Gasteiger partial charge on any atom is -0.383 e. The summed E-state index contributed by atoms with van der Waals surface area (Å²) >= 11 is 0. The molecule has 4 aromatic heterocycles. The van der Waals surface area contributed by atoms with Gasteiger partial charge >= 0.3 is 0 Å². The molecule has 1 fully saturated rings. The minimum absolute atomic E-state index is 0. The normalized spacial score (nSPS) is 14.4. The van der Waals surface area contributed by atoms with E-state index in [0.717, 1.165) is 29.8 Å². The zero-order valence-corrected chi connectivity index (χ0v) is 23.8. The highest BCUT2D eigenvalue weighted by Crippen LogP contribution is 2.43. The lowest BCUT2D eigenvalue weighted by Crippen LogP contribution is -2.30. The van der Waals surface area contributed by atoms with Crippen LogP contribution in [0.1, 0.15) is 64.1 Å². The Balaban J connectivity index is 0.00000387. The van der Waals surface area contributed by atoms with Crippen LogP contribution < -0.4 is 10.9 Å². The van der Waals surface area contributed by atoms with Crippen molar-refractivity contribution < 1.29 is 14.6 Å². The van der Waals surface area contributed by atoms with Gasteiger partial charge in [0.25, 0.3) is 5.56 Å². The topological polar surface area (TPSA) is 155 Å². The molecular formula is C27H34N8O4S. The highest BCUT2D eigenvalue weighted by Gasteiger charge is 2.31. The first-order valence-corrected chi connectivity index (χ1v) is 15.0. The highest BCUT2D eigenvalue weighted by atomic mass is 32.2. The van der Waals surface area contributed by atoms with Crippen molar-refractivity contribution in [3.63, 3.8) is 0 Å². The van der Waals surface area contributed by atoms with E-state index in [1.54, 1.807) is 37.2 Å². The van der Waals surface area contributed by atoms with E-state index in [4.69, 9.17) is 9.72 Å². The fraction of sp³-hybridized carbons (Fsp3) is 0.444. The first-order valence-electron chi connectivity index (χ1n) is 13.3. The molecule has 12 nitrogen and oxygen atoms in total. The molecule has 0 radical (unpaired) electrons. The summed E-state index contributed by atoms with van der Waals surface area (Å²) in [5, 5.41) is 3.06. The molecule has 1 N–H and O–H groups in total. The maximum Gasteiger partial charge on any atom is 0.295 e. The van der Waals surface area contributed by atoms with Gasteiger partial charge in [0, 0.05) is 20.7 Å². The Hall–Kier alpha value is -3.84. The average Bonchev–Trinajstić information content (AvgIpc) is 3.81. The molecule has 0 bridgehead atoms. The van der Waals surface area contributed by atoms with Gasteiger partial charge in [-0.05, 0) is 38.3 Å². The van der Waals surface area contributed by atoms with E-state index in [1.807, 2.05) is 13.8 Å². The SMILES string of the molecule is CCc1ncnc(C2CC2)c1-c1ncc2nc(NCc3ccc(S(=O)(=O)CC)cn3)c(=O)n([C@@H](C)COC)c2n1.[HH]. The molecule has 0 spiro atoms. The van der Waals surface area contributed by atoms with E-state index in [2.05, 4.69) is 30.2 Å². The lowest BCUT2D eigenvalue weighted by molar-refractivity contribution is 0.162. The van der Waals surface area contributed by atoms with Crippen molar-refractivity contribution in [2.24, 2.45) is 0 Å². The molecule has 13 heteroatoms. The monoisotopic (exact) mass is 566 g/mol. The van der Waals surface area contributed by atoms with E-state index in [0.29, 0.717) is 35.0 Å². The van der Waals surface area contributed by atoms with Gasteiger partial charge in [0.2, 0.25) is 0 Å². The predicted molar refractivity (Wildman–Crippen MR) is 152 cm³/mol. The maximum atomic E-state index is 13.7. The molecular weight excluding hydrogens is 532 g/mol. The van der Waals surface area contributed by atoms with Crippen LogP contribution in [0, 0.1) is 0 Å². The van der Waals surface area contributed by atoms with Gasteiger partial charge in [-0.3, -0.25) is 14.3 Å². The second-order valence-electron chi connectivity index (χ2n) is 9.79. The van der Waals surface area contributed by atoms with E-state index < -0.39 is 9.84 Å². The van der Waals surface area contributed by atoms with Crippen LogP contribution in [0.5, 0.6) is 0 Å². The molecule has 1 aliphatic rings. The predicted octanol–water partition coefficient (Wildman–Crippen LogP) is 3.34. The van der Waals surface area contributed by atoms with Crippen LogP contribution in [-0.2, 0) is 27.5 Å². The Morgan fingerprint density at radius 3 is 2.58 bits per heavy atom. The summed E-state index contributed by atoms with van der Waals surface area (Å²) < 4.78 is 31.1. The van der Waals surface area contributed by atoms with Crippen molar-refractivity contribution in [1.29, 1.82) is 0 Å². The molecule has 1 saturated carbocycles. The van der Waals surface area contributed by atoms with Crippen molar-refractivity contribution in [3.8, 4) is 11.4 Å². The third-order valence-electron chi connectivity index (χ3n) is 6.93. The number of nitrogens with zero attached hydrogens (tertiary/aromatic N) is 7. The van der Waals surface area contributed by atoms with Gasteiger partial charge in [-0.2, -0.15) is 0 Å². The number of pyridine rings is 1. The number of nitrogens with one attached hydrogen (secondary N) is 1.